The Kier molecular flexibility index (Phi) is 4.94. The maximum atomic E-state index is 2.52. The third-order valence-corrected chi connectivity index (χ3v) is 9.84. The van der Waals surface area contributed by atoms with Gasteiger partial charge >= 0.3 is 0 Å². The first-order valence-corrected chi connectivity index (χ1v) is 14.2. The van der Waals surface area contributed by atoms with E-state index in [1.165, 1.54) is 68.7 Å². The lowest BCUT2D eigenvalue weighted by Crippen LogP contribution is -2.34. The molecule has 0 bridgehead atoms. The zero-order valence-electron chi connectivity index (χ0n) is 23.0. The standard InChI is InChI=1S/C37H38/c1-36(2,3)28-16-19-32-31-18-15-26(21-33(31)37(4,5)34(32)22-28)25-14-17-30-27(20-25)13-12-24-11-10-23-8-6-7-9-29(23)35(24)30/h6-10,14-20,22,24,33H,11-13,21H2,1-5H3. The molecule has 0 radical (unpaired) electrons. The van der Waals surface area contributed by atoms with Gasteiger partial charge in [0, 0.05) is 0 Å². The van der Waals surface area contributed by atoms with Gasteiger partial charge in [0.05, 0.1) is 0 Å². The first kappa shape index (κ1) is 23.0. The summed E-state index contributed by atoms with van der Waals surface area (Å²) in [6, 6.07) is 23.6. The molecule has 0 aliphatic heterocycles. The summed E-state index contributed by atoms with van der Waals surface area (Å²) >= 11 is 0. The second-order valence-corrected chi connectivity index (χ2v) is 13.4. The number of hydrogen-bond donors (Lipinski definition) is 0. The Morgan fingerprint density at radius 2 is 1.68 bits per heavy atom. The lowest BCUT2D eigenvalue weighted by molar-refractivity contribution is 0.417. The van der Waals surface area contributed by atoms with E-state index in [2.05, 4.69) is 114 Å². The second-order valence-electron chi connectivity index (χ2n) is 13.4. The van der Waals surface area contributed by atoms with Gasteiger partial charge in [-0.25, -0.2) is 0 Å². The van der Waals surface area contributed by atoms with Crippen LogP contribution in [0.25, 0.3) is 22.8 Å². The molecule has 37 heavy (non-hydrogen) atoms. The monoisotopic (exact) mass is 482 g/mol. The van der Waals surface area contributed by atoms with Crippen LogP contribution in [-0.2, 0) is 17.3 Å². The molecular weight excluding hydrogens is 444 g/mol. The fourth-order valence-corrected chi connectivity index (χ4v) is 7.57. The topological polar surface area (TPSA) is 0 Å². The highest BCUT2D eigenvalue weighted by molar-refractivity contribution is 5.86. The van der Waals surface area contributed by atoms with Crippen LogP contribution in [0.5, 0.6) is 0 Å². The molecule has 7 rings (SSSR count). The highest BCUT2D eigenvalue weighted by Gasteiger charge is 2.44. The predicted molar refractivity (Wildman–Crippen MR) is 158 cm³/mol. The highest BCUT2D eigenvalue weighted by atomic mass is 14.5. The van der Waals surface area contributed by atoms with Gasteiger partial charge in [-0.3, -0.25) is 0 Å². The van der Waals surface area contributed by atoms with Crippen molar-refractivity contribution in [2.24, 2.45) is 11.8 Å². The lowest BCUT2D eigenvalue weighted by Gasteiger charge is -2.33. The molecular formula is C37H38. The van der Waals surface area contributed by atoms with Crippen LogP contribution in [-0.4, -0.2) is 0 Å². The Morgan fingerprint density at radius 1 is 0.865 bits per heavy atom. The minimum atomic E-state index is 0.140. The SMILES string of the molecule is CC(C)(C)c1ccc2c(c1)C(C)(C)C1CC(c3ccc4c(c3)CCC3CC=c5ccccc5=C43)=CC=C21. The van der Waals surface area contributed by atoms with Crippen molar-refractivity contribution in [3.63, 3.8) is 0 Å². The predicted octanol–water partition coefficient (Wildman–Crippen LogP) is 7.71. The first-order chi connectivity index (χ1) is 17.7. The van der Waals surface area contributed by atoms with Gasteiger partial charge in [0.1, 0.15) is 0 Å². The molecule has 3 aromatic rings. The molecule has 0 amide bonds. The fraction of sp³-hybridized carbons (Fsp3) is 0.351. The summed E-state index contributed by atoms with van der Waals surface area (Å²) in [5, 5.41) is 2.87. The normalized spacial score (nSPS) is 23.0. The van der Waals surface area contributed by atoms with Crippen LogP contribution in [0.3, 0.4) is 0 Å². The van der Waals surface area contributed by atoms with Crippen molar-refractivity contribution in [1.82, 2.24) is 0 Å². The Labute approximate surface area is 222 Å². The van der Waals surface area contributed by atoms with Crippen molar-refractivity contribution in [3.8, 4) is 0 Å². The molecule has 0 saturated carbocycles. The average Bonchev–Trinajstić information content (AvgIpc) is 3.13. The molecule has 0 nitrogen and oxygen atoms in total. The van der Waals surface area contributed by atoms with Gasteiger partial charge in [-0.2, -0.15) is 0 Å². The van der Waals surface area contributed by atoms with Gasteiger partial charge in [0.2, 0.25) is 0 Å². The van der Waals surface area contributed by atoms with E-state index in [1.54, 1.807) is 11.1 Å². The van der Waals surface area contributed by atoms with Crippen molar-refractivity contribution in [2.45, 2.75) is 71.1 Å². The third-order valence-electron chi connectivity index (χ3n) is 9.84. The van der Waals surface area contributed by atoms with Gasteiger partial charge < -0.3 is 0 Å². The molecule has 0 spiro atoms. The number of fused-ring (bicyclic) bond motifs is 7. The second kappa shape index (κ2) is 7.94. The van der Waals surface area contributed by atoms with Crippen molar-refractivity contribution >= 4 is 22.8 Å². The molecule has 4 aliphatic carbocycles. The zero-order valence-corrected chi connectivity index (χ0v) is 23.0. The van der Waals surface area contributed by atoms with Crippen molar-refractivity contribution in [3.05, 3.63) is 117 Å². The highest BCUT2D eigenvalue weighted by Crippen LogP contribution is 2.55. The van der Waals surface area contributed by atoms with E-state index in [4.69, 9.17) is 0 Å². The third kappa shape index (κ3) is 3.48. The van der Waals surface area contributed by atoms with Gasteiger partial charge in [-0.1, -0.05) is 114 Å². The first-order valence-electron chi connectivity index (χ1n) is 14.2. The number of benzene rings is 3. The van der Waals surface area contributed by atoms with Gasteiger partial charge in [0.15, 0.2) is 0 Å². The van der Waals surface area contributed by atoms with Gasteiger partial charge in [0.25, 0.3) is 0 Å². The van der Waals surface area contributed by atoms with Crippen LogP contribution in [0.4, 0.5) is 0 Å². The summed E-state index contributed by atoms with van der Waals surface area (Å²) in [6.45, 7) is 11.9. The van der Waals surface area contributed by atoms with Crippen LogP contribution in [0, 0.1) is 11.8 Å². The molecule has 4 aliphatic rings. The zero-order chi connectivity index (χ0) is 25.5. The van der Waals surface area contributed by atoms with Crippen LogP contribution in [0.2, 0.25) is 0 Å². The average molecular weight is 483 g/mol. The molecule has 0 aromatic heterocycles. The number of aryl methyl sites for hydroxylation is 1. The van der Waals surface area contributed by atoms with Crippen molar-refractivity contribution in [1.29, 1.82) is 0 Å². The van der Waals surface area contributed by atoms with Crippen LogP contribution in [0.15, 0.2) is 72.8 Å². The van der Waals surface area contributed by atoms with Crippen LogP contribution < -0.4 is 10.4 Å². The summed E-state index contributed by atoms with van der Waals surface area (Å²) < 4.78 is 0. The Morgan fingerprint density at radius 3 is 2.51 bits per heavy atom. The summed E-state index contributed by atoms with van der Waals surface area (Å²) in [5.41, 5.74) is 13.9. The van der Waals surface area contributed by atoms with E-state index < -0.39 is 0 Å². The Balaban J connectivity index is 1.28. The van der Waals surface area contributed by atoms with E-state index in [1.807, 2.05) is 0 Å². The lowest BCUT2D eigenvalue weighted by atomic mass is 9.71. The summed E-state index contributed by atoms with van der Waals surface area (Å²) in [7, 11) is 0. The van der Waals surface area contributed by atoms with E-state index >= 15 is 0 Å². The fourth-order valence-electron chi connectivity index (χ4n) is 7.57. The largest absolute Gasteiger partial charge is 0.0760 e. The van der Waals surface area contributed by atoms with E-state index in [-0.39, 0.29) is 10.8 Å². The Hall–Kier alpha value is -3.12. The number of rotatable bonds is 1. The maximum absolute atomic E-state index is 2.52. The molecule has 3 aromatic carbocycles. The molecule has 0 N–H and O–H groups in total. The molecule has 2 atom stereocenters. The van der Waals surface area contributed by atoms with Gasteiger partial charge in [-0.05, 0) is 109 Å². The maximum Gasteiger partial charge on any atom is -0.00232 e. The molecule has 2 unspecified atom stereocenters. The van der Waals surface area contributed by atoms with E-state index in [0.29, 0.717) is 11.8 Å². The molecule has 0 saturated heterocycles. The van der Waals surface area contributed by atoms with Crippen molar-refractivity contribution in [2.75, 3.05) is 0 Å². The van der Waals surface area contributed by atoms with Crippen molar-refractivity contribution < 1.29 is 0 Å². The summed E-state index contributed by atoms with van der Waals surface area (Å²) in [5.74, 6) is 1.21. The number of allylic oxidation sites excluding steroid dienone is 4. The van der Waals surface area contributed by atoms with Crippen LogP contribution in [0.1, 0.15) is 87.3 Å². The number of hydrogen-bond acceptors (Lipinski definition) is 0. The minimum Gasteiger partial charge on any atom is -0.0760 e. The smallest absolute Gasteiger partial charge is 0.00232 e. The summed E-state index contributed by atoms with van der Waals surface area (Å²) in [4.78, 5) is 0. The minimum absolute atomic E-state index is 0.140. The van der Waals surface area contributed by atoms with E-state index in [9.17, 15) is 0 Å². The van der Waals surface area contributed by atoms with Crippen LogP contribution >= 0.6 is 0 Å². The molecule has 0 heterocycles. The molecule has 0 heteroatoms. The quantitative estimate of drug-likeness (QED) is 0.333. The van der Waals surface area contributed by atoms with Gasteiger partial charge in [-0.15, -0.1) is 0 Å². The van der Waals surface area contributed by atoms with E-state index in [0.717, 1.165) is 6.42 Å². The summed E-state index contributed by atoms with van der Waals surface area (Å²) in [6.07, 6.45) is 12.1. The molecule has 186 valence electrons. The Bertz CT molecular complexity index is 1630. The molecule has 0 fully saturated rings.